The summed E-state index contributed by atoms with van der Waals surface area (Å²) >= 11 is 12.4. The summed E-state index contributed by atoms with van der Waals surface area (Å²) in [4.78, 5) is 0. The van der Waals surface area contributed by atoms with Crippen molar-refractivity contribution < 1.29 is 0 Å². The van der Waals surface area contributed by atoms with Gasteiger partial charge in [0.05, 0.1) is 10.0 Å². The van der Waals surface area contributed by atoms with Crippen molar-refractivity contribution in [1.82, 2.24) is 5.43 Å². The Labute approximate surface area is 131 Å². The number of hydrogen-bond acceptors (Lipinski definition) is 2. The van der Waals surface area contributed by atoms with Gasteiger partial charge < -0.3 is 0 Å². The van der Waals surface area contributed by atoms with E-state index in [0.717, 1.165) is 36.2 Å². The van der Waals surface area contributed by atoms with Crippen LogP contribution in [0.2, 0.25) is 10.0 Å². The van der Waals surface area contributed by atoms with E-state index in [1.807, 2.05) is 18.2 Å². The molecule has 20 heavy (non-hydrogen) atoms. The van der Waals surface area contributed by atoms with Gasteiger partial charge in [0.2, 0.25) is 0 Å². The van der Waals surface area contributed by atoms with Crippen LogP contribution in [0.1, 0.15) is 37.7 Å². The highest BCUT2D eigenvalue weighted by Crippen LogP contribution is 2.50. The minimum absolute atomic E-state index is 0.287. The monoisotopic (exact) mass is 312 g/mol. The lowest BCUT2D eigenvalue weighted by molar-refractivity contribution is 0.277. The van der Waals surface area contributed by atoms with Gasteiger partial charge in [-0.05, 0) is 61.5 Å². The van der Waals surface area contributed by atoms with Crippen LogP contribution in [0, 0.1) is 17.8 Å². The van der Waals surface area contributed by atoms with Gasteiger partial charge in [0, 0.05) is 6.04 Å². The molecule has 0 spiro atoms. The van der Waals surface area contributed by atoms with E-state index in [-0.39, 0.29) is 6.04 Å². The molecule has 0 saturated heterocycles. The first-order valence-corrected chi connectivity index (χ1v) is 8.32. The fourth-order valence-corrected chi connectivity index (χ4v) is 4.61. The highest BCUT2D eigenvalue weighted by atomic mass is 35.5. The molecule has 110 valence electrons. The number of nitrogens with two attached hydrogens (primary N) is 1. The first-order valence-electron chi connectivity index (χ1n) is 7.56. The summed E-state index contributed by atoms with van der Waals surface area (Å²) in [5, 5.41) is 1.29. The van der Waals surface area contributed by atoms with Gasteiger partial charge >= 0.3 is 0 Å². The first kappa shape index (κ1) is 14.6. The predicted octanol–water partition coefficient (Wildman–Crippen LogP) is 4.19. The Balaban J connectivity index is 1.63. The standard InChI is InChI=1S/C16H22Cl2N2/c17-15-3-1-2-12(16(15)18)8-14(20-19)9-13-7-10-4-5-11(13)6-10/h1-3,10-11,13-14,20H,4-9,19H2. The number of benzene rings is 1. The minimum Gasteiger partial charge on any atom is -0.271 e. The summed E-state index contributed by atoms with van der Waals surface area (Å²) < 4.78 is 0. The van der Waals surface area contributed by atoms with Crippen molar-refractivity contribution in [3.63, 3.8) is 0 Å². The van der Waals surface area contributed by atoms with Crippen molar-refractivity contribution in [2.45, 2.75) is 44.6 Å². The second-order valence-corrected chi connectivity index (χ2v) is 7.24. The zero-order chi connectivity index (χ0) is 14.1. The largest absolute Gasteiger partial charge is 0.271 e. The Morgan fingerprint density at radius 2 is 2.10 bits per heavy atom. The molecule has 0 amide bonds. The summed E-state index contributed by atoms with van der Waals surface area (Å²) in [5.74, 6) is 8.52. The van der Waals surface area contributed by atoms with E-state index < -0.39 is 0 Å². The Hall–Kier alpha value is -0.280. The maximum Gasteiger partial charge on any atom is 0.0624 e. The van der Waals surface area contributed by atoms with Crippen molar-refractivity contribution >= 4 is 23.2 Å². The Bertz CT molecular complexity index is 478. The van der Waals surface area contributed by atoms with Crippen molar-refractivity contribution in [2.24, 2.45) is 23.6 Å². The van der Waals surface area contributed by atoms with E-state index in [0.29, 0.717) is 10.0 Å². The SMILES string of the molecule is NNC(Cc1cccc(Cl)c1Cl)CC1CC2CCC1C2. The summed E-state index contributed by atoms with van der Waals surface area (Å²) in [7, 11) is 0. The lowest BCUT2D eigenvalue weighted by Crippen LogP contribution is -2.39. The van der Waals surface area contributed by atoms with E-state index >= 15 is 0 Å². The third-order valence-electron chi connectivity index (χ3n) is 5.21. The zero-order valence-corrected chi connectivity index (χ0v) is 13.1. The molecule has 0 radical (unpaired) electrons. The third kappa shape index (κ3) is 2.99. The molecule has 0 aromatic heterocycles. The molecule has 4 heteroatoms. The lowest BCUT2D eigenvalue weighted by Gasteiger charge is -2.26. The van der Waals surface area contributed by atoms with Crippen LogP contribution in [0.4, 0.5) is 0 Å². The van der Waals surface area contributed by atoms with E-state index in [2.05, 4.69) is 5.43 Å². The smallest absolute Gasteiger partial charge is 0.0624 e. The second-order valence-electron chi connectivity index (χ2n) is 6.45. The van der Waals surface area contributed by atoms with Crippen molar-refractivity contribution in [2.75, 3.05) is 0 Å². The molecule has 0 heterocycles. The van der Waals surface area contributed by atoms with Crippen molar-refractivity contribution in [1.29, 1.82) is 0 Å². The molecule has 2 saturated carbocycles. The minimum atomic E-state index is 0.287. The van der Waals surface area contributed by atoms with Crippen LogP contribution in [0.3, 0.4) is 0 Å². The third-order valence-corrected chi connectivity index (χ3v) is 6.06. The molecule has 4 unspecified atom stereocenters. The topological polar surface area (TPSA) is 38.0 Å². The number of hydrogen-bond donors (Lipinski definition) is 2. The fraction of sp³-hybridized carbons (Fsp3) is 0.625. The first-order chi connectivity index (χ1) is 9.67. The Morgan fingerprint density at radius 1 is 1.25 bits per heavy atom. The number of hydrazine groups is 1. The van der Waals surface area contributed by atoms with E-state index in [1.54, 1.807) is 0 Å². The van der Waals surface area contributed by atoms with Crippen LogP contribution in [0.15, 0.2) is 18.2 Å². The molecule has 3 rings (SSSR count). The van der Waals surface area contributed by atoms with Crippen LogP contribution in [0.5, 0.6) is 0 Å². The summed E-state index contributed by atoms with van der Waals surface area (Å²) in [6, 6.07) is 6.11. The summed E-state index contributed by atoms with van der Waals surface area (Å²) in [6.45, 7) is 0. The predicted molar refractivity (Wildman–Crippen MR) is 84.8 cm³/mol. The highest BCUT2D eigenvalue weighted by molar-refractivity contribution is 6.42. The van der Waals surface area contributed by atoms with E-state index in [4.69, 9.17) is 29.0 Å². The van der Waals surface area contributed by atoms with Gasteiger partial charge in [-0.25, -0.2) is 0 Å². The molecule has 1 aromatic rings. The molecule has 2 aliphatic rings. The van der Waals surface area contributed by atoms with Crippen LogP contribution < -0.4 is 11.3 Å². The summed E-state index contributed by atoms with van der Waals surface area (Å²) in [6.07, 6.45) is 7.71. The zero-order valence-electron chi connectivity index (χ0n) is 11.6. The molecule has 3 N–H and O–H groups in total. The second kappa shape index (κ2) is 6.23. The molecule has 1 aromatic carbocycles. The van der Waals surface area contributed by atoms with Gasteiger partial charge in [-0.2, -0.15) is 0 Å². The van der Waals surface area contributed by atoms with Crippen molar-refractivity contribution in [3.05, 3.63) is 33.8 Å². The average Bonchev–Trinajstić information content (AvgIpc) is 3.05. The maximum absolute atomic E-state index is 6.27. The summed E-state index contributed by atoms with van der Waals surface area (Å²) in [5.41, 5.74) is 4.07. The highest BCUT2D eigenvalue weighted by Gasteiger charge is 2.40. The normalized spacial score (nSPS) is 29.9. The number of fused-ring (bicyclic) bond motifs is 2. The quantitative estimate of drug-likeness (QED) is 0.632. The van der Waals surface area contributed by atoms with Crippen LogP contribution in [0.25, 0.3) is 0 Å². The molecule has 2 nitrogen and oxygen atoms in total. The van der Waals surface area contributed by atoms with E-state index in [1.165, 1.54) is 25.7 Å². The van der Waals surface area contributed by atoms with Crippen LogP contribution in [-0.4, -0.2) is 6.04 Å². The van der Waals surface area contributed by atoms with Crippen LogP contribution >= 0.6 is 23.2 Å². The number of nitrogens with one attached hydrogen (secondary N) is 1. The molecule has 2 fully saturated rings. The van der Waals surface area contributed by atoms with Gasteiger partial charge in [0.15, 0.2) is 0 Å². The Morgan fingerprint density at radius 3 is 2.75 bits per heavy atom. The molecule has 4 atom stereocenters. The van der Waals surface area contributed by atoms with Crippen LogP contribution in [-0.2, 0) is 6.42 Å². The molecule has 0 aliphatic heterocycles. The van der Waals surface area contributed by atoms with Gasteiger partial charge in [0.1, 0.15) is 0 Å². The lowest BCUT2D eigenvalue weighted by atomic mass is 9.83. The fourth-order valence-electron chi connectivity index (χ4n) is 4.21. The number of halogens is 2. The molecular formula is C16H22Cl2N2. The molecular weight excluding hydrogens is 291 g/mol. The van der Waals surface area contributed by atoms with Gasteiger partial charge in [-0.3, -0.25) is 11.3 Å². The van der Waals surface area contributed by atoms with E-state index in [9.17, 15) is 0 Å². The maximum atomic E-state index is 6.27. The van der Waals surface area contributed by atoms with Crippen molar-refractivity contribution in [3.8, 4) is 0 Å². The Kier molecular flexibility index (Phi) is 4.56. The average molecular weight is 313 g/mol. The molecule has 2 aliphatic carbocycles. The molecule has 2 bridgehead atoms. The number of rotatable bonds is 5. The van der Waals surface area contributed by atoms with Gasteiger partial charge in [0.25, 0.3) is 0 Å². The van der Waals surface area contributed by atoms with Gasteiger partial charge in [-0.15, -0.1) is 0 Å². The van der Waals surface area contributed by atoms with Gasteiger partial charge in [-0.1, -0.05) is 41.8 Å².